The van der Waals surface area contributed by atoms with Crippen molar-refractivity contribution in [2.75, 3.05) is 0 Å². The number of ketones is 1. The molecule has 1 aromatic heterocycles. The summed E-state index contributed by atoms with van der Waals surface area (Å²) in [6, 6.07) is -0.421. The number of nitrogens with two attached hydrogens (primary N) is 1. The number of oxazole rings is 1. The molecule has 1 unspecified atom stereocenters. The molecule has 0 radical (unpaired) electrons. The first kappa shape index (κ1) is 9.40. The lowest BCUT2D eigenvalue weighted by molar-refractivity contribution is 0.0926. The Bertz CT molecular complexity index is 342. The number of aryl methyl sites for hydroxylation is 1. The molecule has 1 aliphatic carbocycles. The molecule has 14 heavy (non-hydrogen) atoms. The molecule has 0 bridgehead atoms. The van der Waals surface area contributed by atoms with Crippen LogP contribution in [-0.4, -0.2) is 16.8 Å². The first-order valence-electron chi connectivity index (χ1n) is 4.89. The van der Waals surface area contributed by atoms with Gasteiger partial charge in [0.05, 0.1) is 12.2 Å². The Morgan fingerprint density at radius 1 is 1.79 bits per heavy atom. The van der Waals surface area contributed by atoms with Crippen LogP contribution in [0, 0.1) is 12.8 Å². The highest BCUT2D eigenvalue weighted by molar-refractivity contribution is 5.97. The summed E-state index contributed by atoms with van der Waals surface area (Å²) < 4.78 is 5.13. The van der Waals surface area contributed by atoms with E-state index in [4.69, 9.17) is 10.2 Å². The van der Waals surface area contributed by atoms with Gasteiger partial charge in [-0.2, -0.15) is 0 Å². The van der Waals surface area contributed by atoms with Crippen molar-refractivity contribution in [3.63, 3.8) is 0 Å². The van der Waals surface area contributed by atoms with Crippen LogP contribution in [0.4, 0.5) is 0 Å². The molecular weight excluding hydrogens is 180 g/mol. The normalized spacial score (nSPS) is 18.1. The van der Waals surface area contributed by atoms with Crippen molar-refractivity contribution in [3.05, 3.63) is 17.8 Å². The van der Waals surface area contributed by atoms with Crippen molar-refractivity contribution in [1.29, 1.82) is 0 Å². The molecule has 1 saturated carbocycles. The molecule has 2 rings (SSSR count). The van der Waals surface area contributed by atoms with E-state index in [0.717, 1.165) is 6.42 Å². The third-order valence-corrected chi connectivity index (χ3v) is 2.49. The summed E-state index contributed by atoms with van der Waals surface area (Å²) in [5, 5.41) is 0. The van der Waals surface area contributed by atoms with Gasteiger partial charge in [0.25, 0.3) is 0 Å². The maximum atomic E-state index is 11.7. The van der Waals surface area contributed by atoms with E-state index in [1.54, 1.807) is 6.92 Å². The molecule has 0 aromatic carbocycles. The maximum absolute atomic E-state index is 11.7. The average Bonchev–Trinajstić information content (AvgIpc) is 2.85. The highest BCUT2D eigenvalue weighted by Crippen LogP contribution is 2.33. The van der Waals surface area contributed by atoms with E-state index in [0.29, 0.717) is 11.8 Å². The summed E-state index contributed by atoms with van der Waals surface area (Å²) in [7, 11) is 0. The summed E-state index contributed by atoms with van der Waals surface area (Å²) in [6.45, 7) is 1.71. The lowest BCUT2D eigenvalue weighted by atomic mass is 10.1. The number of carbonyl (C=O) groups excluding carboxylic acids is 1. The van der Waals surface area contributed by atoms with Gasteiger partial charge in [-0.15, -0.1) is 0 Å². The number of Topliss-reactive ketones (excluding diaryl/α,β-unsaturated/α-hetero) is 1. The second-order valence-corrected chi connectivity index (χ2v) is 3.89. The van der Waals surface area contributed by atoms with Gasteiger partial charge in [-0.3, -0.25) is 4.79 Å². The fourth-order valence-corrected chi connectivity index (χ4v) is 1.48. The third-order valence-electron chi connectivity index (χ3n) is 2.49. The van der Waals surface area contributed by atoms with Gasteiger partial charge < -0.3 is 10.2 Å². The number of nitrogens with zero attached hydrogens (tertiary/aromatic N) is 1. The number of carbonyl (C=O) groups is 1. The number of hydrogen-bond acceptors (Lipinski definition) is 4. The minimum absolute atomic E-state index is 0.127. The fraction of sp³-hybridized carbons (Fsp3) is 0.600. The van der Waals surface area contributed by atoms with Crippen molar-refractivity contribution in [2.45, 2.75) is 32.2 Å². The zero-order chi connectivity index (χ0) is 10.1. The minimum atomic E-state index is -0.421. The third kappa shape index (κ3) is 2.01. The van der Waals surface area contributed by atoms with Crippen LogP contribution < -0.4 is 5.73 Å². The summed E-state index contributed by atoms with van der Waals surface area (Å²) >= 11 is 0. The van der Waals surface area contributed by atoms with Crippen LogP contribution >= 0.6 is 0 Å². The molecule has 0 saturated heterocycles. The highest BCUT2D eigenvalue weighted by Gasteiger charge is 2.28. The zero-order valence-electron chi connectivity index (χ0n) is 8.19. The first-order valence-corrected chi connectivity index (χ1v) is 4.89. The van der Waals surface area contributed by atoms with Crippen molar-refractivity contribution < 1.29 is 9.21 Å². The molecule has 0 amide bonds. The van der Waals surface area contributed by atoms with Gasteiger partial charge in [0.1, 0.15) is 0 Å². The smallest absolute Gasteiger partial charge is 0.216 e. The molecule has 76 valence electrons. The Labute approximate surface area is 82.5 Å². The Kier molecular flexibility index (Phi) is 2.37. The molecule has 0 spiro atoms. The molecule has 1 aromatic rings. The molecule has 1 atom stereocenters. The Morgan fingerprint density at radius 2 is 2.50 bits per heavy atom. The molecular formula is C10H14N2O2. The predicted octanol–water partition coefficient (Wildman–Crippen LogP) is 1.29. The molecule has 1 aliphatic rings. The SMILES string of the molecule is Cc1ncc(C(=O)C(N)CC2CC2)o1. The summed E-state index contributed by atoms with van der Waals surface area (Å²) in [4.78, 5) is 15.5. The Hall–Kier alpha value is -1.16. The largest absolute Gasteiger partial charge is 0.438 e. The second-order valence-electron chi connectivity index (χ2n) is 3.89. The van der Waals surface area contributed by atoms with E-state index in [1.807, 2.05) is 0 Å². The van der Waals surface area contributed by atoms with Gasteiger partial charge in [0, 0.05) is 6.92 Å². The van der Waals surface area contributed by atoms with Crippen LogP contribution in [0.15, 0.2) is 10.6 Å². The van der Waals surface area contributed by atoms with Gasteiger partial charge >= 0.3 is 0 Å². The van der Waals surface area contributed by atoms with E-state index in [9.17, 15) is 4.79 Å². The standard InChI is InChI=1S/C10H14N2O2/c1-6-12-5-9(14-6)10(13)8(11)4-7-2-3-7/h5,7-8H,2-4,11H2,1H3. The molecule has 2 N–H and O–H groups in total. The van der Waals surface area contributed by atoms with Crippen LogP contribution in [0.3, 0.4) is 0 Å². The lowest BCUT2D eigenvalue weighted by Gasteiger charge is -2.06. The molecule has 1 fully saturated rings. The highest BCUT2D eigenvalue weighted by atomic mass is 16.4. The molecule has 4 nitrogen and oxygen atoms in total. The monoisotopic (exact) mass is 194 g/mol. The summed E-state index contributed by atoms with van der Waals surface area (Å²) in [5.41, 5.74) is 5.76. The Balaban J connectivity index is 1.99. The van der Waals surface area contributed by atoms with Crippen molar-refractivity contribution >= 4 is 5.78 Å². The van der Waals surface area contributed by atoms with E-state index in [1.165, 1.54) is 19.0 Å². The van der Waals surface area contributed by atoms with Gasteiger partial charge in [-0.1, -0.05) is 12.8 Å². The molecule has 1 heterocycles. The van der Waals surface area contributed by atoms with Crippen molar-refractivity contribution in [1.82, 2.24) is 4.98 Å². The Morgan fingerprint density at radius 3 is 3.00 bits per heavy atom. The van der Waals surface area contributed by atoms with Crippen LogP contribution in [0.5, 0.6) is 0 Å². The maximum Gasteiger partial charge on any atom is 0.216 e. The van der Waals surface area contributed by atoms with Crippen molar-refractivity contribution in [3.8, 4) is 0 Å². The van der Waals surface area contributed by atoms with E-state index >= 15 is 0 Å². The topological polar surface area (TPSA) is 69.1 Å². The van der Waals surface area contributed by atoms with Crippen LogP contribution in [0.1, 0.15) is 35.7 Å². The van der Waals surface area contributed by atoms with E-state index < -0.39 is 6.04 Å². The quantitative estimate of drug-likeness (QED) is 0.733. The predicted molar refractivity (Wildman–Crippen MR) is 50.9 cm³/mol. The second kappa shape index (κ2) is 3.53. The van der Waals surface area contributed by atoms with Gasteiger partial charge in [0.2, 0.25) is 5.78 Å². The molecule has 0 aliphatic heterocycles. The number of rotatable bonds is 4. The number of hydrogen-bond donors (Lipinski definition) is 1. The van der Waals surface area contributed by atoms with Gasteiger partial charge in [-0.25, -0.2) is 4.98 Å². The van der Waals surface area contributed by atoms with Crippen LogP contribution in [0.25, 0.3) is 0 Å². The molecule has 4 heteroatoms. The van der Waals surface area contributed by atoms with Crippen molar-refractivity contribution in [2.24, 2.45) is 11.7 Å². The van der Waals surface area contributed by atoms with Crippen LogP contribution in [0.2, 0.25) is 0 Å². The van der Waals surface area contributed by atoms with E-state index in [2.05, 4.69) is 4.98 Å². The van der Waals surface area contributed by atoms with Gasteiger partial charge in [-0.05, 0) is 12.3 Å². The summed E-state index contributed by atoms with van der Waals surface area (Å²) in [6.07, 6.45) is 4.63. The minimum Gasteiger partial charge on any atom is -0.438 e. The van der Waals surface area contributed by atoms with Crippen LogP contribution in [-0.2, 0) is 0 Å². The summed E-state index contributed by atoms with van der Waals surface area (Å²) in [5.74, 6) is 1.32. The average molecular weight is 194 g/mol. The van der Waals surface area contributed by atoms with E-state index in [-0.39, 0.29) is 11.5 Å². The number of aromatic nitrogens is 1. The fourth-order valence-electron chi connectivity index (χ4n) is 1.48. The zero-order valence-corrected chi connectivity index (χ0v) is 8.19. The van der Waals surface area contributed by atoms with Gasteiger partial charge in [0.15, 0.2) is 11.7 Å². The lowest BCUT2D eigenvalue weighted by Crippen LogP contribution is -2.30. The first-order chi connectivity index (χ1) is 6.66.